The van der Waals surface area contributed by atoms with Crippen molar-refractivity contribution in [2.45, 2.75) is 6.92 Å². The Labute approximate surface area is 152 Å². The van der Waals surface area contributed by atoms with E-state index in [-0.39, 0.29) is 11.7 Å². The number of halogens is 1. The van der Waals surface area contributed by atoms with Gasteiger partial charge in [-0.2, -0.15) is 0 Å². The molecule has 1 aliphatic rings. The van der Waals surface area contributed by atoms with Crippen LogP contribution in [0.15, 0.2) is 43.0 Å². The van der Waals surface area contributed by atoms with Crippen molar-refractivity contribution in [1.82, 2.24) is 14.9 Å². The summed E-state index contributed by atoms with van der Waals surface area (Å²) < 4.78 is 13.9. The Kier molecular flexibility index (Phi) is 5.46. The van der Waals surface area contributed by atoms with Crippen molar-refractivity contribution in [3.8, 4) is 0 Å². The summed E-state index contributed by atoms with van der Waals surface area (Å²) in [7, 11) is 0. The molecule has 6 nitrogen and oxygen atoms in total. The third-order valence-corrected chi connectivity index (χ3v) is 4.24. The van der Waals surface area contributed by atoms with Gasteiger partial charge in [-0.05, 0) is 25.1 Å². The Morgan fingerprint density at radius 2 is 2.00 bits per heavy atom. The molecule has 1 aromatic carbocycles. The normalized spacial score (nSPS) is 14.2. The molecule has 0 aliphatic carbocycles. The third kappa shape index (κ3) is 3.99. The lowest BCUT2D eigenvalue weighted by atomic mass is 10.2. The Balaban J connectivity index is 1.68. The minimum absolute atomic E-state index is 0.134. The van der Waals surface area contributed by atoms with Crippen molar-refractivity contribution in [2.24, 2.45) is 0 Å². The van der Waals surface area contributed by atoms with Crippen LogP contribution in [0.5, 0.6) is 0 Å². The highest BCUT2D eigenvalue weighted by atomic mass is 19.1. The average Bonchev–Trinajstić information content (AvgIpc) is 2.66. The number of benzene rings is 1. The minimum Gasteiger partial charge on any atom is -0.366 e. The number of amides is 1. The van der Waals surface area contributed by atoms with E-state index in [2.05, 4.69) is 21.9 Å². The van der Waals surface area contributed by atoms with Gasteiger partial charge in [0, 0.05) is 38.4 Å². The van der Waals surface area contributed by atoms with Gasteiger partial charge in [0.05, 0.1) is 5.69 Å². The molecule has 0 saturated carbocycles. The van der Waals surface area contributed by atoms with Crippen LogP contribution in [0.25, 0.3) is 0 Å². The van der Waals surface area contributed by atoms with E-state index in [9.17, 15) is 9.18 Å². The predicted octanol–water partition coefficient (Wildman–Crippen LogP) is 2.48. The van der Waals surface area contributed by atoms with Crippen LogP contribution in [0.3, 0.4) is 0 Å². The first-order valence-electron chi connectivity index (χ1n) is 8.57. The lowest BCUT2D eigenvalue weighted by molar-refractivity contribution is 0.0740. The Morgan fingerprint density at radius 1 is 1.27 bits per heavy atom. The van der Waals surface area contributed by atoms with E-state index in [4.69, 9.17) is 0 Å². The third-order valence-electron chi connectivity index (χ3n) is 4.24. The second-order valence-corrected chi connectivity index (χ2v) is 6.12. The average molecular weight is 355 g/mol. The van der Waals surface area contributed by atoms with Gasteiger partial charge in [-0.1, -0.05) is 18.2 Å². The summed E-state index contributed by atoms with van der Waals surface area (Å²) in [5.74, 6) is 0.0419. The van der Waals surface area contributed by atoms with Crippen molar-refractivity contribution in [3.05, 3.63) is 60.2 Å². The lowest BCUT2D eigenvalue weighted by Gasteiger charge is -2.36. The topological polar surface area (TPSA) is 61.4 Å². The van der Waals surface area contributed by atoms with E-state index in [1.165, 1.54) is 6.07 Å². The number of rotatable bonds is 5. The number of carbonyl (C=O) groups is 1. The quantitative estimate of drug-likeness (QED) is 0.835. The molecule has 1 fully saturated rings. The fraction of sp³-hybridized carbons (Fsp3) is 0.316. The number of carbonyl (C=O) groups excluding carboxylic acids is 1. The zero-order valence-electron chi connectivity index (χ0n) is 14.8. The summed E-state index contributed by atoms with van der Waals surface area (Å²) in [5, 5.41) is 3.01. The van der Waals surface area contributed by atoms with Crippen LogP contribution in [-0.2, 0) is 0 Å². The number of aryl methyl sites for hydroxylation is 1. The largest absolute Gasteiger partial charge is 0.366 e. The van der Waals surface area contributed by atoms with Gasteiger partial charge in [0.25, 0.3) is 5.91 Å². The first-order valence-corrected chi connectivity index (χ1v) is 8.57. The first kappa shape index (κ1) is 17.8. The zero-order chi connectivity index (χ0) is 18.5. The molecule has 1 N–H and O–H groups in total. The van der Waals surface area contributed by atoms with Crippen LogP contribution >= 0.6 is 0 Å². The molecule has 1 amide bonds. The Bertz CT molecular complexity index is 802. The molecule has 136 valence electrons. The monoisotopic (exact) mass is 355 g/mol. The second kappa shape index (κ2) is 7.95. The van der Waals surface area contributed by atoms with E-state index in [0.717, 1.165) is 5.69 Å². The van der Waals surface area contributed by atoms with Crippen molar-refractivity contribution < 1.29 is 9.18 Å². The molecule has 1 aromatic heterocycles. The van der Waals surface area contributed by atoms with Crippen LogP contribution in [0.4, 0.5) is 16.0 Å². The molecular formula is C19H22FN5O. The van der Waals surface area contributed by atoms with Gasteiger partial charge in [-0.15, -0.1) is 6.58 Å². The van der Waals surface area contributed by atoms with Gasteiger partial charge < -0.3 is 15.1 Å². The predicted molar refractivity (Wildman–Crippen MR) is 100.0 cm³/mol. The Morgan fingerprint density at radius 3 is 2.69 bits per heavy atom. The number of nitrogens with zero attached hydrogens (tertiary/aromatic N) is 4. The van der Waals surface area contributed by atoms with Crippen molar-refractivity contribution in [3.63, 3.8) is 0 Å². The second-order valence-electron chi connectivity index (χ2n) is 6.12. The van der Waals surface area contributed by atoms with E-state index in [1.54, 1.807) is 29.2 Å². The number of aromatic nitrogens is 2. The highest BCUT2D eigenvalue weighted by molar-refractivity contribution is 5.92. The molecule has 0 bridgehead atoms. The molecule has 3 rings (SSSR count). The number of anilines is 2. The number of nitrogens with one attached hydrogen (secondary N) is 1. The Hall–Kier alpha value is -2.96. The van der Waals surface area contributed by atoms with Crippen molar-refractivity contribution in [2.75, 3.05) is 42.9 Å². The van der Waals surface area contributed by atoms with Gasteiger partial charge in [0.15, 0.2) is 0 Å². The molecule has 0 atom stereocenters. The maximum atomic E-state index is 13.9. The summed E-state index contributed by atoms with van der Waals surface area (Å²) in [6, 6.07) is 8.39. The van der Waals surface area contributed by atoms with Crippen molar-refractivity contribution >= 4 is 17.5 Å². The SMILES string of the molecule is C=CCNc1nc(C)cc(C(=O)N2CCN(c3ccccc3F)CC2)n1. The number of para-hydroxylation sites is 1. The molecule has 26 heavy (non-hydrogen) atoms. The van der Waals surface area contributed by atoms with E-state index in [1.807, 2.05) is 17.9 Å². The zero-order valence-corrected chi connectivity index (χ0v) is 14.8. The van der Waals surface area contributed by atoms with Crippen LogP contribution in [-0.4, -0.2) is 53.5 Å². The minimum atomic E-state index is -0.239. The fourth-order valence-corrected chi connectivity index (χ4v) is 2.94. The van der Waals surface area contributed by atoms with Gasteiger partial charge in [0.1, 0.15) is 11.5 Å². The molecule has 0 unspecified atom stereocenters. The summed E-state index contributed by atoms with van der Waals surface area (Å²) >= 11 is 0. The first-order chi connectivity index (χ1) is 12.6. The van der Waals surface area contributed by atoms with E-state index in [0.29, 0.717) is 50.1 Å². The van der Waals surface area contributed by atoms with E-state index >= 15 is 0 Å². The van der Waals surface area contributed by atoms with Crippen LogP contribution in [0, 0.1) is 12.7 Å². The summed E-state index contributed by atoms with van der Waals surface area (Å²) in [4.78, 5) is 25.1. The van der Waals surface area contributed by atoms with Crippen LogP contribution in [0.2, 0.25) is 0 Å². The highest BCUT2D eigenvalue weighted by Crippen LogP contribution is 2.20. The molecule has 0 spiro atoms. The van der Waals surface area contributed by atoms with Crippen molar-refractivity contribution in [1.29, 1.82) is 0 Å². The molecule has 7 heteroatoms. The molecule has 2 heterocycles. The maximum absolute atomic E-state index is 13.9. The van der Waals surface area contributed by atoms with E-state index < -0.39 is 0 Å². The maximum Gasteiger partial charge on any atom is 0.272 e. The summed E-state index contributed by atoms with van der Waals surface area (Å²) in [6.45, 7) is 8.20. The lowest BCUT2D eigenvalue weighted by Crippen LogP contribution is -2.49. The summed E-state index contributed by atoms with van der Waals surface area (Å²) in [6.07, 6.45) is 1.70. The number of piperazine rings is 1. The molecule has 1 aliphatic heterocycles. The standard InChI is InChI=1S/C19H22FN5O/c1-3-8-21-19-22-14(2)13-16(23-19)18(26)25-11-9-24(10-12-25)17-7-5-4-6-15(17)20/h3-7,13H,1,8-12H2,2H3,(H,21,22,23). The highest BCUT2D eigenvalue weighted by Gasteiger charge is 2.24. The number of hydrogen-bond donors (Lipinski definition) is 1. The molecule has 0 radical (unpaired) electrons. The van der Waals surface area contributed by atoms with Crippen LogP contribution in [0.1, 0.15) is 16.2 Å². The summed E-state index contributed by atoms with van der Waals surface area (Å²) in [5.41, 5.74) is 1.66. The van der Waals surface area contributed by atoms with Gasteiger partial charge in [-0.3, -0.25) is 4.79 Å². The van der Waals surface area contributed by atoms with Gasteiger partial charge >= 0.3 is 0 Å². The number of hydrogen-bond acceptors (Lipinski definition) is 5. The molecule has 2 aromatic rings. The van der Waals surface area contributed by atoms with Gasteiger partial charge in [-0.25, -0.2) is 14.4 Å². The smallest absolute Gasteiger partial charge is 0.272 e. The molecular weight excluding hydrogens is 333 g/mol. The van der Waals surface area contributed by atoms with Gasteiger partial charge in [0.2, 0.25) is 5.95 Å². The molecule has 1 saturated heterocycles. The fourth-order valence-electron chi connectivity index (χ4n) is 2.94. The van der Waals surface area contributed by atoms with Crippen LogP contribution < -0.4 is 10.2 Å².